The zero-order valence-electron chi connectivity index (χ0n) is 13.2. The minimum atomic E-state index is 0.233. The summed E-state index contributed by atoms with van der Waals surface area (Å²) in [5.74, 6) is 1.64. The molecule has 0 saturated carbocycles. The normalized spacial score (nSPS) is 24.9. The topological polar surface area (TPSA) is 56.3 Å². The summed E-state index contributed by atoms with van der Waals surface area (Å²) in [7, 11) is 1.74. The number of piperidine rings is 1. The Hall–Kier alpha value is -1.07. The van der Waals surface area contributed by atoms with Gasteiger partial charge in [-0.05, 0) is 25.7 Å². The summed E-state index contributed by atoms with van der Waals surface area (Å²) in [5, 5.41) is 0. The molecule has 1 aromatic rings. The summed E-state index contributed by atoms with van der Waals surface area (Å²) < 4.78 is 7.53. The van der Waals surface area contributed by atoms with E-state index in [4.69, 9.17) is 15.5 Å². The molecule has 0 bridgehead atoms. The van der Waals surface area contributed by atoms with E-state index in [1.54, 1.807) is 7.11 Å². The van der Waals surface area contributed by atoms with Gasteiger partial charge in [-0.15, -0.1) is 0 Å². The Morgan fingerprint density at radius 1 is 1.55 bits per heavy atom. The number of methoxy groups -OCH3 is 1. The Balaban J connectivity index is 2.23. The maximum Gasteiger partial charge on any atom is 0.206 e. The van der Waals surface area contributed by atoms with Crippen molar-refractivity contribution < 1.29 is 4.74 Å². The van der Waals surface area contributed by atoms with Crippen molar-refractivity contribution in [2.45, 2.75) is 45.7 Å². The number of nitrogens with zero attached hydrogens (tertiary/aromatic N) is 3. The molecule has 0 aromatic carbocycles. The van der Waals surface area contributed by atoms with Gasteiger partial charge in [-0.3, -0.25) is 0 Å². The van der Waals surface area contributed by atoms with Crippen molar-refractivity contribution in [2.24, 2.45) is 11.7 Å². The fourth-order valence-corrected chi connectivity index (χ4v) is 2.76. The van der Waals surface area contributed by atoms with Gasteiger partial charge in [-0.25, -0.2) is 4.98 Å². The number of anilines is 1. The van der Waals surface area contributed by atoms with Crippen molar-refractivity contribution in [3.63, 3.8) is 0 Å². The molecule has 0 amide bonds. The maximum absolute atomic E-state index is 6.23. The molecule has 114 valence electrons. The fourth-order valence-electron chi connectivity index (χ4n) is 2.76. The summed E-state index contributed by atoms with van der Waals surface area (Å²) in [4.78, 5) is 7.12. The highest BCUT2D eigenvalue weighted by Gasteiger charge is 2.27. The standard InChI is InChI=1S/C15H28N4O/c1-5-13-8-19(12(3)10-20-4)15(17-13)18-7-6-11(2)14(16)9-18/h8,11-12,14H,5-7,9-10,16H2,1-4H3. The quantitative estimate of drug-likeness (QED) is 0.894. The molecule has 3 atom stereocenters. The smallest absolute Gasteiger partial charge is 0.206 e. The largest absolute Gasteiger partial charge is 0.383 e. The SMILES string of the molecule is CCc1cn(C(C)COC)c(N2CCC(C)C(N)C2)n1. The van der Waals surface area contributed by atoms with Gasteiger partial charge in [0.1, 0.15) is 0 Å². The van der Waals surface area contributed by atoms with E-state index in [-0.39, 0.29) is 6.04 Å². The van der Waals surface area contributed by atoms with Gasteiger partial charge >= 0.3 is 0 Å². The first-order valence-electron chi connectivity index (χ1n) is 7.64. The van der Waals surface area contributed by atoms with E-state index in [0.29, 0.717) is 18.6 Å². The van der Waals surface area contributed by atoms with Crippen LogP contribution in [0.1, 0.15) is 38.9 Å². The lowest BCUT2D eigenvalue weighted by Gasteiger charge is -2.36. The lowest BCUT2D eigenvalue weighted by atomic mass is 9.94. The van der Waals surface area contributed by atoms with E-state index in [1.807, 2.05) is 0 Å². The highest BCUT2D eigenvalue weighted by atomic mass is 16.5. The van der Waals surface area contributed by atoms with Crippen LogP contribution in [-0.4, -0.2) is 42.4 Å². The molecule has 1 aromatic heterocycles. The predicted octanol–water partition coefficient (Wildman–Crippen LogP) is 1.83. The summed E-state index contributed by atoms with van der Waals surface area (Å²) >= 11 is 0. The summed E-state index contributed by atoms with van der Waals surface area (Å²) in [5.41, 5.74) is 7.36. The first kappa shape index (κ1) is 15.3. The van der Waals surface area contributed by atoms with E-state index < -0.39 is 0 Å². The second kappa shape index (κ2) is 6.59. The second-order valence-corrected chi connectivity index (χ2v) is 5.97. The van der Waals surface area contributed by atoms with Crippen LogP contribution in [0, 0.1) is 5.92 Å². The second-order valence-electron chi connectivity index (χ2n) is 5.97. The Morgan fingerprint density at radius 3 is 2.90 bits per heavy atom. The van der Waals surface area contributed by atoms with E-state index in [9.17, 15) is 0 Å². The van der Waals surface area contributed by atoms with Crippen LogP contribution < -0.4 is 10.6 Å². The van der Waals surface area contributed by atoms with E-state index in [1.165, 1.54) is 0 Å². The van der Waals surface area contributed by atoms with E-state index >= 15 is 0 Å². The molecule has 1 aliphatic heterocycles. The molecule has 2 N–H and O–H groups in total. The average molecular weight is 280 g/mol. The average Bonchev–Trinajstić information content (AvgIpc) is 2.86. The molecule has 20 heavy (non-hydrogen) atoms. The van der Waals surface area contributed by atoms with Crippen LogP contribution in [0.15, 0.2) is 6.20 Å². The van der Waals surface area contributed by atoms with Crippen molar-refractivity contribution in [3.8, 4) is 0 Å². The van der Waals surface area contributed by atoms with Gasteiger partial charge in [-0.1, -0.05) is 13.8 Å². The number of aryl methyl sites for hydroxylation is 1. The Kier molecular flexibility index (Phi) is 5.05. The van der Waals surface area contributed by atoms with Gasteiger partial charge in [0.15, 0.2) is 0 Å². The first-order valence-corrected chi connectivity index (χ1v) is 7.64. The third-order valence-corrected chi connectivity index (χ3v) is 4.31. The van der Waals surface area contributed by atoms with Crippen molar-refractivity contribution >= 4 is 5.95 Å². The van der Waals surface area contributed by atoms with Crippen LogP contribution >= 0.6 is 0 Å². The highest BCUT2D eigenvalue weighted by Crippen LogP contribution is 2.25. The van der Waals surface area contributed by atoms with Gasteiger partial charge < -0.3 is 19.9 Å². The number of ether oxygens (including phenoxy) is 1. The molecule has 0 radical (unpaired) electrons. The summed E-state index contributed by atoms with van der Waals surface area (Å²) in [6.07, 6.45) is 4.24. The predicted molar refractivity (Wildman–Crippen MR) is 82.2 cm³/mol. The molecule has 0 aliphatic carbocycles. The molecular weight excluding hydrogens is 252 g/mol. The zero-order valence-corrected chi connectivity index (χ0v) is 13.2. The molecular formula is C15H28N4O. The van der Waals surface area contributed by atoms with Crippen LogP contribution in [0.2, 0.25) is 0 Å². The minimum Gasteiger partial charge on any atom is -0.383 e. The molecule has 3 unspecified atom stereocenters. The highest BCUT2D eigenvalue weighted by molar-refractivity contribution is 5.35. The Morgan fingerprint density at radius 2 is 2.30 bits per heavy atom. The molecule has 1 aliphatic rings. The summed E-state index contributed by atoms with van der Waals surface area (Å²) in [6.45, 7) is 9.17. The van der Waals surface area contributed by atoms with Crippen molar-refractivity contribution in [2.75, 3.05) is 31.7 Å². The number of rotatable bonds is 5. The lowest BCUT2D eigenvalue weighted by Crippen LogP contribution is -2.48. The Bertz CT molecular complexity index is 432. The lowest BCUT2D eigenvalue weighted by molar-refractivity contribution is 0.162. The van der Waals surface area contributed by atoms with Crippen molar-refractivity contribution in [1.82, 2.24) is 9.55 Å². The van der Waals surface area contributed by atoms with Crippen molar-refractivity contribution in [1.29, 1.82) is 0 Å². The van der Waals surface area contributed by atoms with Crippen molar-refractivity contribution in [3.05, 3.63) is 11.9 Å². The Labute approximate surface area is 122 Å². The molecule has 5 nitrogen and oxygen atoms in total. The minimum absolute atomic E-state index is 0.233. The van der Waals surface area contributed by atoms with Crippen LogP contribution in [0.3, 0.4) is 0 Å². The van der Waals surface area contributed by atoms with Gasteiger partial charge in [0, 0.05) is 32.4 Å². The van der Waals surface area contributed by atoms with E-state index in [0.717, 1.165) is 37.6 Å². The molecule has 2 heterocycles. The van der Waals surface area contributed by atoms with Crippen LogP contribution in [0.4, 0.5) is 5.95 Å². The van der Waals surface area contributed by atoms with Gasteiger partial charge in [0.2, 0.25) is 5.95 Å². The van der Waals surface area contributed by atoms with Crippen LogP contribution in [-0.2, 0) is 11.2 Å². The fraction of sp³-hybridized carbons (Fsp3) is 0.800. The summed E-state index contributed by atoms with van der Waals surface area (Å²) in [6, 6.07) is 0.523. The number of hydrogen-bond acceptors (Lipinski definition) is 4. The number of hydrogen-bond donors (Lipinski definition) is 1. The van der Waals surface area contributed by atoms with Gasteiger partial charge in [0.25, 0.3) is 0 Å². The van der Waals surface area contributed by atoms with E-state index in [2.05, 4.69) is 36.4 Å². The zero-order chi connectivity index (χ0) is 14.7. The molecule has 2 rings (SSSR count). The molecule has 1 saturated heterocycles. The monoisotopic (exact) mass is 280 g/mol. The maximum atomic E-state index is 6.23. The number of aromatic nitrogens is 2. The van der Waals surface area contributed by atoms with Gasteiger partial charge in [0.05, 0.1) is 18.3 Å². The molecule has 5 heteroatoms. The van der Waals surface area contributed by atoms with Crippen LogP contribution in [0.5, 0.6) is 0 Å². The number of imidazole rings is 1. The molecule has 1 fully saturated rings. The van der Waals surface area contributed by atoms with Crippen LogP contribution in [0.25, 0.3) is 0 Å². The first-order chi connectivity index (χ1) is 9.56. The third kappa shape index (κ3) is 3.15. The number of nitrogens with two attached hydrogens (primary N) is 1. The molecule has 0 spiro atoms. The van der Waals surface area contributed by atoms with Gasteiger partial charge in [-0.2, -0.15) is 0 Å². The third-order valence-electron chi connectivity index (χ3n) is 4.31.